The maximum absolute atomic E-state index is 11.6. The third kappa shape index (κ3) is 3.63. The van der Waals surface area contributed by atoms with Gasteiger partial charge in [0.1, 0.15) is 11.8 Å². The lowest BCUT2D eigenvalue weighted by atomic mass is 10.0. The second kappa shape index (κ2) is 6.80. The molecule has 8 nitrogen and oxygen atoms in total. The van der Waals surface area contributed by atoms with Crippen molar-refractivity contribution in [2.45, 2.75) is 25.2 Å². The first-order valence-corrected chi connectivity index (χ1v) is 5.25. The van der Waals surface area contributed by atoms with Gasteiger partial charge in [-0.15, -0.1) is 24.8 Å². The largest absolute Gasteiger partial charge is 0.391 e. The molecule has 0 saturated heterocycles. The number of aliphatic hydroxyl groups is 2. The summed E-state index contributed by atoms with van der Waals surface area (Å²) in [4.78, 5) is 17.9. The summed E-state index contributed by atoms with van der Waals surface area (Å²) in [6, 6.07) is -0.464. The molecule has 0 bridgehead atoms. The summed E-state index contributed by atoms with van der Waals surface area (Å²) in [5, 5.41) is 24.7. The van der Waals surface area contributed by atoms with Crippen LogP contribution in [0, 0.1) is 0 Å². The van der Waals surface area contributed by atoms with Crippen LogP contribution in [0.25, 0.3) is 0 Å². The maximum atomic E-state index is 11.6. The van der Waals surface area contributed by atoms with Crippen molar-refractivity contribution >= 4 is 42.3 Å². The minimum atomic E-state index is -0.979. The lowest BCUT2D eigenvalue weighted by Gasteiger charge is -2.31. The minimum absolute atomic E-state index is 0. The van der Waals surface area contributed by atoms with Gasteiger partial charge >= 0.3 is 0 Å². The summed E-state index contributed by atoms with van der Waals surface area (Å²) in [7, 11) is 0. The van der Waals surface area contributed by atoms with Crippen molar-refractivity contribution < 1.29 is 10.2 Å². The lowest BCUT2D eigenvalue weighted by Crippen LogP contribution is -2.48. The molecule has 0 spiro atoms. The van der Waals surface area contributed by atoms with Crippen molar-refractivity contribution in [2.75, 3.05) is 22.9 Å². The molecule has 0 amide bonds. The van der Waals surface area contributed by atoms with E-state index in [2.05, 4.69) is 20.6 Å². The van der Waals surface area contributed by atoms with E-state index < -0.39 is 23.8 Å². The predicted octanol–water partition coefficient (Wildman–Crippen LogP) is -0.857. The number of rotatable bonds is 2. The molecule has 0 fully saturated rings. The number of aromatic amines is 1. The molecule has 1 aliphatic heterocycles. The molecule has 19 heavy (non-hydrogen) atoms. The normalized spacial score (nSPS) is 19.6. The zero-order valence-electron chi connectivity index (χ0n) is 10.1. The molecule has 2 heterocycles. The summed E-state index contributed by atoms with van der Waals surface area (Å²) in [5.74, 6) is 0.373. The summed E-state index contributed by atoms with van der Waals surface area (Å²) in [6.07, 6.45) is -1.87. The fourth-order valence-corrected chi connectivity index (χ4v) is 1.74. The number of halogens is 2. The topological polar surface area (TPSA) is 136 Å². The van der Waals surface area contributed by atoms with Crippen molar-refractivity contribution in [3.05, 3.63) is 10.4 Å². The molecule has 3 atom stereocenters. The highest BCUT2D eigenvalue weighted by molar-refractivity contribution is 5.85. The second-order valence-electron chi connectivity index (χ2n) is 4.04. The highest BCUT2D eigenvalue weighted by atomic mass is 35.5. The van der Waals surface area contributed by atoms with Gasteiger partial charge in [-0.1, -0.05) is 0 Å². The smallest absolute Gasteiger partial charge is 0.277 e. The quantitative estimate of drug-likeness (QED) is 0.418. The standard InChI is InChI=1S/C9H15N5O3.2ClH/c1-3(15)6(16)4-2-11-7-5(12-4)8(17)14-9(10)13-7;;/h3-4,6,12,15-16H,2H2,1H3,(H4,10,11,13,14,17);2*1H/t3-,4?,6-;;/m0../s1. The number of H-pyrrole nitrogens is 1. The number of fused-ring (bicyclic) bond motifs is 1. The molecular weight excluding hydrogens is 297 g/mol. The van der Waals surface area contributed by atoms with Crippen molar-refractivity contribution in [3.8, 4) is 0 Å². The van der Waals surface area contributed by atoms with Gasteiger partial charge in [0.25, 0.3) is 5.56 Å². The van der Waals surface area contributed by atoms with Gasteiger partial charge in [0.15, 0.2) is 5.82 Å². The van der Waals surface area contributed by atoms with E-state index in [-0.39, 0.29) is 36.4 Å². The van der Waals surface area contributed by atoms with Crippen molar-refractivity contribution in [2.24, 2.45) is 0 Å². The van der Waals surface area contributed by atoms with Crippen LogP contribution in [0.15, 0.2) is 4.79 Å². The number of hydrogen-bond acceptors (Lipinski definition) is 7. The Labute approximate surface area is 121 Å². The molecule has 110 valence electrons. The third-order valence-electron chi connectivity index (χ3n) is 2.66. The summed E-state index contributed by atoms with van der Waals surface area (Å²) in [6.45, 7) is 1.82. The molecule has 0 radical (unpaired) electrons. The van der Waals surface area contributed by atoms with Gasteiger partial charge in [-0.3, -0.25) is 9.78 Å². The number of nitrogens with two attached hydrogens (primary N) is 1. The first-order chi connectivity index (χ1) is 7.99. The maximum Gasteiger partial charge on any atom is 0.277 e. The fraction of sp³-hybridized carbons (Fsp3) is 0.556. The number of nitrogens with one attached hydrogen (secondary N) is 3. The molecule has 0 aliphatic carbocycles. The highest BCUT2D eigenvalue weighted by Gasteiger charge is 2.29. The zero-order chi connectivity index (χ0) is 12.6. The van der Waals surface area contributed by atoms with E-state index in [1.807, 2.05) is 0 Å². The van der Waals surface area contributed by atoms with Gasteiger partial charge in [0.05, 0.1) is 12.1 Å². The monoisotopic (exact) mass is 313 g/mol. The second-order valence-corrected chi connectivity index (χ2v) is 4.04. The van der Waals surface area contributed by atoms with Crippen molar-refractivity contribution in [1.82, 2.24) is 9.97 Å². The number of nitrogen functional groups attached to an aromatic ring is 1. The first-order valence-electron chi connectivity index (χ1n) is 5.25. The van der Waals surface area contributed by atoms with Crippen LogP contribution in [0.1, 0.15) is 6.92 Å². The van der Waals surface area contributed by atoms with E-state index in [9.17, 15) is 15.0 Å². The minimum Gasteiger partial charge on any atom is -0.391 e. The fourth-order valence-electron chi connectivity index (χ4n) is 1.74. The van der Waals surface area contributed by atoms with Crippen LogP contribution < -0.4 is 21.9 Å². The first kappa shape index (κ1) is 17.8. The molecule has 7 N–H and O–H groups in total. The summed E-state index contributed by atoms with van der Waals surface area (Å²) >= 11 is 0. The average molecular weight is 314 g/mol. The Hall–Kier alpha value is -1.22. The van der Waals surface area contributed by atoms with Gasteiger partial charge in [-0.25, -0.2) is 0 Å². The van der Waals surface area contributed by atoms with Gasteiger partial charge in [-0.2, -0.15) is 4.98 Å². The SMILES string of the molecule is C[C@H](O)[C@H](O)C1CNc2nc(N)[nH]c(=O)c2N1.Cl.Cl. The molecule has 2 rings (SSSR count). The van der Waals surface area contributed by atoms with Crippen LogP contribution >= 0.6 is 24.8 Å². The predicted molar refractivity (Wildman–Crippen MR) is 77.4 cm³/mol. The Morgan fingerprint density at radius 3 is 2.63 bits per heavy atom. The molecule has 0 aromatic carbocycles. The summed E-state index contributed by atoms with van der Waals surface area (Å²) < 4.78 is 0. The van der Waals surface area contributed by atoms with E-state index in [1.165, 1.54) is 6.92 Å². The molecule has 10 heteroatoms. The number of hydrogen-bond donors (Lipinski definition) is 6. The molecule has 1 aromatic heterocycles. The van der Waals surface area contributed by atoms with Crippen LogP contribution in [0.3, 0.4) is 0 Å². The molecule has 0 saturated carbocycles. The van der Waals surface area contributed by atoms with Crippen molar-refractivity contribution in [3.63, 3.8) is 0 Å². The van der Waals surface area contributed by atoms with Crippen molar-refractivity contribution in [1.29, 1.82) is 0 Å². The van der Waals surface area contributed by atoms with E-state index in [0.29, 0.717) is 12.4 Å². The van der Waals surface area contributed by atoms with E-state index in [1.54, 1.807) is 0 Å². The molecule has 1 unspecified atom stereocenters. The summed E-state index contributed by atoms with van der Waals surface area (Å²) in [5.41, 5.74) is 5.20. The Kier molecular flexibility index (Phi) is 6.37. The third-order valence-corrected chi connectivity index (χ3v) is 2.66. The lowest BCUT2D eigenvalue weighted by molar-refractivity contribution is 0.0214. The Morgan fingerprint density at radius 2 is 2.05 bits per heavy atom. The van der Waals surface area contributed by atoms with E-state index >= 15 is 0 Å². The number of nitrogens with zero attached hydrogens (tertiary/aromatic N) is 1. The van der Waals surface area contributed by atoms with Crippen LogP contribution in [0.2, 0.25) is 0 Å². The van der Waals surface area contributed by atoms with Gasteiger partial charge in [-0.05, 0) is 6.92 Å². The Morgan fingerprint density at radius 1 is 1.42 bits per heavy atom. The van der Waals surface area contributed by atoms with Gasteiger partial charge in [0, 0.05) is 6.54 Å². The number of anilines is 3. The van der Waals surface area contributed by atoms with Gasteiger partial charge in [0.2, 0.25) is 5.95 Å². The zero-order valence-corrected chi connectivity index (χ0v) is 11.7. The Bertz CT molecular complexity index is 481. The number of aromatic nitrogens is 2. The average Bonchev–Trinajstić information content (AvgIpc) is 2.27. The molecule has 1 aromatic rings. The van der Waals surface area contributed by atoms with Gasteiger partial charge < -0.3 is 26.6 Å². The van der Waals surface area contributed by atoms with Crippen LogP contribution in [0.4, 0.5) is 17.5 Å². The molecular formula is C9H17Cl2N5O3. The Balaban J connectivity index is 0.00000162. The van der Waals surface area contributed by atoms with E-state index in [4.69, 9.17) is 5.73 Å². The molecule has 1 aliphatic rings. The van der Waals surface area contributed by atoms with E-state index in [0.717, 1.165) is 0 Å². The number of aliphatic hydroxyl groups excluding tert-OH is 2. The van der Waals surface area contributed by atoms with Crippen LogP contribution in [-0.4, -0.2) is 45.0 Å². The highest BCUT2D eigenvalue weighted by Crippen LogP contribution is 2.21. The van der Waals surface area contributed by atoms with Crippen LogP contribution in [-0.2, 0) is 0 Å². The van der Waals surface area contributed by atoms with Crippen LogP contribution in [0.5, 0.6) is 0 Å².